The van der Waals surface area contributed by atoms with Crippen LogP contribution in [-0.2, 0) is 4.79 Å². The molecule has 1 heterocycles. The fourth-order valence-corrected chi connectivity index (χ4v) is 2.00. The fraction of sp³-hybridized carbons (Fsp3) is 0.500. The molecule has 0 bridgehead atoms. The van der Waals surface area contributed by atoms with E-state index in [0.29, 0.717) is 11.6 Å². The topological polar surface area (TPSA) is 85.1 Å². The smallest absolute Gasteiger partial charge is 0.236 e. The summed E-state index contributed by atoms with van der Waals surface area (Å²) in [6.07, 6.45) is 0.336. The van der Waals surface area contributed by atoms with Crippen molar-refractivity contribution in [2.75, 3.05) is 5.32 Å². The van der Waals surface area contributed by atoms with Crippen LogP contribution in [0.25, 0.3) is 0 Å². The van der Waals surface area contributed by atoms with Crippen molar-refractivity contribution in [2.24, 2.45) is 5.92 Å². The Balaban J connectivity index is 1.92. The number of nitro groups is 1. The third-order valence-corrected chi connectivity index (χ3v) is 3.09. The van der Waals surface area contributed by atoms with Crippen LogP contribution in [-0.4, -0.2) is 21.9 Å². The summed E-state index contributed by atoms with van der Waals surface area (Å²) in [5.74, 6) is -0.782. The van der Waals surface area contributed by atoms with Crippen molar-refractivity contribution < 1.29 is 9.72 Å². The zero-order valence-corrected chi connectivity index (χ0v) is 8.78. The highest BCUT2D eigenvalue weighted by Crippen LogP contribution is 2.34. The van der Waals surface area contributed by atoms with Crippen molar-refractivity contribution >= 4 is 22.4 Å². The van der Waals surface area contributed by atoms with Gasteiger partial charge in [0.05, 0.1) is 5.69 Å². The number of thiazole rings is 1. The maximum atomic E-state index is 11.4. The van der Waals surface area contributed by atoms with Gasteiger partial charge in [0.2, 0.25) is 11.9 Å². The van der Waals surface area contributed by atoms with Crippen molar-refractivity contribution in [3.05, 3.63) is 21.2 Å². The van der Waals surface area contributed by atoms with Crippen LogP contribution in [0.3, 0.4) is 0 Å². The Hall–Kier alpha value is -1.50. The van der Waals surface area contributed by atoms with Gasteiger partial charge in [-0.1, -0.05) is 0 Å². The SMILES string of the molecule is Cc1csc(NC(=O)[C@@H]2C[C@H]2[N+](=O)[O-])n1. The fourth-order valence-electron chi connectivity index (χ4n) is 1.31. The minimum atomic E-state index is -0.703. The summed E-state index contributed by atoms with van der Waals surface area (Å²) >= 11 is 1.32. The van der Waals surface area contributed by atoms with Crippen molar-refractivity contribution in [3.8, 4) is 0 Å². The summed E-state index contributed by atoms with van der Waals surface area (Å²) in [7, 11) is 0. The monoisotopic (exact) mass is 227 g/mol. The largest absolute Gasteiger partial charge is 0.301 e. The Morgan fingerprint density at radius 3 is 3.00 bits per heavy atom. The van der Waals surface area contributed by atoms with Gasteiger partial charge in [0.1, 0.15) is 5.92 Å². The second-order valence-electron chi connectivity index (χ2n) is 3.48. The number of carbonyl (C=O) groups excluding carboxylic acids is 1. The molecule has 1 aliphatic carbocycles. The Morgan fingerprint density at radius 1 is 1.80 bits per heavy atom. The lowest BCUT2D eigenvalue weighted by atomic mass is 10.4. The predicted molar refractivity (Wildman–Crippen MR) is 54.4 cm³/mol. The molecule has 0 spiro atoms. The lowest BCUT2D eigenvalue weighted by Crippen LogP contribution is -2.18. The molecule has 2 rings (SSSR count). The molecule has 15 heavy (non-hydrogen) atoms. The number of amides is 1. The van der Waals surface area contributed by atoms with Crippen molar-refractivity contribution in [1.29, 1.82) is 0 Å². The first kappa shape index (κ1) is 10.0. The summed E-state index contributed by atoms with van der Waals surface area (Å²) < 4.78 is 0. The van der Waals surface area contributed by atoms with Crippen molar-refractivity contribution in [3.63, 3.8) is 0 Å². The standard InChI is InChI=1S/C8H9N3O3S/c1-4-3-15-8(9-4)10-7(12)5-2-6(5)11(13)14/h3,5-6H,2H2,1H3,(H,9,10,12)/t5-,6-/m1/s1. The molecule has 0 unspecified atom stereocenters. The molecular weight excluding hydrogens is 218 g/mol. The zero-order valence-electron chi connectivity index (χ0n) is 7.97. The lowest BCUT2D eigenvalue weighted by molar-refractivity contribution is -0.497. The summed E-state index contributed by atoms with van der Waals surface area (Å²) in [5.41, 5.74) is 0.830. The predicted octanol–water partition coefficient (Wildman–Crippen LogP) is 1.06. The molecule has 0 aliphatic heterocycles. The maximum absolute atomic E-state index is 11.4. The molecule has 7 heteroatoms. The van der Waals surface area contributed by atoms with Gasteiger partial charge in [-0.05, 0) is 6.92 Å². The first-order valence-electron chi connectivity index (χ1n) is 4.44. The van der Waals surface area contributed by atoms with E-state index in [1.165, 1.54) is 11.3 Å². The molecule has 80 valence electrons. The highest BCUT2D eigenvalue weighted by Gasteiger charge is 2.53. The minimum absolute atomic E-state index is 0.300. The van der Waals surface area contributed by atoms with E-state index in [1.807, 2.05) is 12.3 Å². The first-order chi connectivity index (χ1) is 7.08. The van der Waals surface area contributed by atoms with E-state index in [1.54, 1.807) is 0 Å². The van der Waals surface area contributed by atoms with Gasteiger partial charge in [0, 0.05) is 16.7 Å². The van der Waals surface area contributed by atoms with E-state index in [4.69, 9.17) is 0 Å². The number of aryl methyl sites for hydroxylation is 1. The van der Waals surface area contributed by atoms with Crippen LogP contribution < -0.4 is 5.32 Å². The summed E-state index contributed by atoms with van der Waals surface area (Å²) in [6, 6.07) is -0.703. The Labute approximate surface area is 89.5 Å². The summed E-state index contributed by atoms with van der Waals surface area (Å²) in [6.45, 7) is 1.82. The van der Waals surface area contributed by atoms with Crippen LogP contribution >= 0.6 is 11.3 Å². The second kappa shape index (κ2) is 3.58. The number of aromatic nitrogens is 1. The van der Waals surface area contributed by atoms with Gasteiger partial charge in [0.25, 0.3) is 0 Å². The highest BCUT2D eigenvalue weighted by atomic mass is 32.1. The van der Waals surface area contributed by atoms with Gasteiger partial charge < -0.3 is 5.32 Å². The van der Waals surface area contributed by atoms with E-state index >= 15 is 0 Å². The molecule has 1 aromatic heterocycles. The van der Waals surface area contributed by atoms with Crippen LogP contribution in [0.1, 0.15) is 12.1 Å². The number of anilines is 1. The van der Waals surface area contributed by atoms with E-state index in [2.05, 4.69) is 10.3 Å². The molecule has 1 fully saturated rings. The maximum Gasteiger partial charge on any atom is 0.236 e. The third-order valence-electron chi connectivity index (χ3n) is 2.21. The molecule has 1 N–H and O–H groups in total. The number of nitrogens with zero attached hydrogens (tertiary/aromatic N) is 2. The van der Waals surface area contributed by atoms with Gasteiger partial charge in [-0.2, -0.15) is 0 Å². The Morgan fingerprint density at radius 2 is 2.53 bits per heavy atom. The van der Waals surface area contributed by atoms with Gasteiger partial charge in [0.15, 0.2) is 5.13 Å². The summed E-state index contributed by atoms with van der Waals surface area (Å²) in [4.78, 5) is 25.4. The molecule has 1 aliphatic rings. The normalized spacial score (nSPS) is 23.5. The van der Waals surface area contributed by atoms with Gasteiger partial charge in [-0.3, -0.25) is 14.9 Å². The van der Waals surface area contributed by atoms with Gasteiger partial charge in [-0.25, -0.2) is 4.98 Å². The van der Waals surface area contributed by atoms with E-state index in [9.17, 15) is 14.9 Å². The van der Waals surface area contributed by atoms with Crippen molar-refractivity contribution in [1.82, 2.24) is 4.98 Å². The molecule has 0 saturated heterocycles. The third kappa shape index (κ3) is 2.12. The molecule has 6 nitrogen and oxygen atoms in total. The average Bonchev–Trinajstić information content (AvgIpc) is 2.86. The molecule has 1 aromatic rings. The molecule has 1 amide bonds. The average molecular weight is 227 g/mol. The van der Waals surface area contributed by atoms with Crippen LogP contribution in [0.4, 0.5) is 5.13 Å². The first-order valence-corrected chi connectivity index (χ1v) is 5.32. The molecular formula is C8H9N3O3S. The molecule has 2 atom stereocenters. The second-order valence-corrected chi connectivity index (χ2v) is 4.34. The minimum Gasteiger partial charge on any atom is -0.301 e. The lowest BCUT2D eigenvalue weighted by Gasteiger charge is -1.97. The Bertz CT molecular complexity index is 417. The zero-order chi connectivity index (χ0) is 11.0. The summed E-state index contributed by atoms with van der Waals surface area (Å²) in [5, 5.41) is 15.2. The highest BCUT2D eigenvalue weighted by molar-refractivity contribution is 7.13. The Kier molecular flexibility index (Phi) is 2.39. The van der Waals surface area contributed by atoms with E-state index in [0.717, 1.165) is 5.69 Å². The van der Waals surface area contributed by atoms with Crippen LogP contribution in [0.5, 0.6) is 0 Å². The number of hydrogen-bond donors (Lipinski definition) is 1. The molecule has 0 aromatic carbocycles. The number of hydrogen-bond acceptors (Lipinski definition) is 5. The molecule has 1 saturated carbocycles. The van der Waals surface area contributed by atoms with Gasteiger partial charge in [-0.15, -0.1) is 11.3 Å². The van der Waals surface area contributed by atoms with Crippen LogP contribution in [0.15, 0.2) is 5.38 Å². The number of carbonyl (C=O) groups is 1. The number of rotatable bonds is 3. The quantitative estimate of drug-likeness (QED) is 0.618. The van der Waals surface area contributed by atoms with Gasteiger partial charge >= 0.3 is 0 Å². The van der Waals surface area contributed by atoms with Crippen molar-refractivity contribution in [2.45, 2.75) is 19.4 Å². The van der Waals surface area contributed by atoms with Crippen LogP contribution in [0, 0.1) is 23.0 Å². The molecule has 0 radical (unpaired) electrons. The van der Waals surface area contributed by atoms with Crippen LogP contribution in [0.2, 0.25) is 0 Å². The van der Waals surface area contributed by atoms with E-state index in [-0.39, 0.29) is 5.91 Å². The van der Waals surface area contributed by atoms with E-state index < -0.39 is 16.9 Å². The number of nitrogens with one attached hydrogen (secondary N) is 1.